The fourth-order valence-electron chi connectivity index (χ4n) is 4.13. The summed E-state index contributed by atoms with van der Waals surface area (Å²) in [5, 5.41) is 5.22. The van der Waals surface area contributed by atoms with Crippen LogP contribution in [0, 0.1) is 6.92 Å². The highest BCUT2D eigenvalue weighted by atomic mass is 32.1. The number of ether oxygens (including phenoxy) is 1. The number of amides is 1. The third kappa shape index (κ3) is 4.90. The van der Waals surface area contributed by atoms with Crippen LogP contribution in [0.25, 0.3) is 15.5 Å². The van der Waals surface area contributed by atoms with Gasteiger partial charge in [-0.25, -0.2) is 4.98 Å². The molecule has 180 valence electrons. The summed E-state index contributed by atoms with van der Waals surface area (Å²) in [6.45, 7) is 6.42. The van der Waals surface area contributed by atoms with Gasteiger partial charge in [-0.2, -0.15) is 9.61 Å². The van der Waals surface area contributed by atoms with Gasteiger partial charge in [-0.15, -0.1) is 0 Å². The number of piperazine rings is 1. The largest absolute Gasteiger partial charge is 0.483 e. The van der Waals surface area contributed by atoms with E-state index in [2.05, 4.69) is 12.0 Å². The van der Waals surface area contributed by atoms with Crippen LogP contribution in [0.1, 0.15) is 18.1 Å². The summed E-state index contributed by atoms with van der Waals surface area (Å²) >= 11 is 1.39. The lowest BCUT2D eigenvalue weighted by atomic mass is 10.1. The third-order valence-electron chi connectivity index (χ3n) is 6.19. The molecule has 4 aromatic rings. The Morgan fingerprint density at radius 1 is 1.06 bits per heavy atom. The monoisotopic (exact) mass is 489 g/mol. The second-order valence-electron chi connectivity index (χ2n) is 8.54. The number of para-hydroxylation sites is 1. The smallest absolute Gasteiger partial charge is 0.277 e. The predicted octanol–water partition coefficient (Wildman–Crippen LogP) is 3.42. The number of hydrogen-bond donors (Lipinski definition) is 0. The second-order valence-corrected chi connectivity index (χ2v) is 9.49. The zero-order chi connectivity index (χ0) is 24.4. The fraction of sp³-hybridized carbons (Fsp3) is 0.308. The molecule has 1 fully saturated rings. The van der Waals surface area contributed by atoms with Crippen molar-refractivity contribution in [2.75, 3.05) is 37.7 Å². The molecule has 3 heterocycles. The average Bonchev–Trinajstić information content (AvgIpc) is 3.33. The van der Waals surface area contributed by atoms with Crippen LogP contribution in [0.4, 0.5) is 5.82 Å². The van der Waals surface area contributed by atoms with Gasteiger partial charge in [0, 0.05) is 37.8 Å². The minimum Gasteiger partial charge on any atom is -0.483 e. The van der Waals surface area contributed by atoms with Gasteiger partial charge in [0.15, 0.2) is 6.61 Å². The van der Waals surface area contributed by atoms with E-state index in [0.717, 1.165) is 28.3 Å². The highest BCUT2D eigenvalue weighted by molar-refractivity contribution is 7.19. The Balaban J connectivity index is 1.24. The molecule has 35 heavy (non-hydrogen) atoms. The number of hydrogen-bond acceptors (Lipinski definition) is 7. The Hall–Kier alpha value is -3.72. The molecule has 0 unspecified atom stereocenters. The van der Waals surface area contributed by atoms with E-state index in [1.807, 2.05) is 60.4 Å². The Kier molecular flexibility index (Phi) is 6.50. The highest BCUT2D eigenvalue weighted by Gasteiger charge is 2.23. The van der Waals surface area contributed by atoms with Crippen molar-refractivity contribution in [3.8, 4) is 16.3 Å². The second kappa shape index (κ2) is 9.87. The minimum atomic E-state index is -0.207. The molecule has 0 radical (unpaired) electrons. The summed E-state index contributed by atoms with van der Waals surface area (Å²) in [5.41, 5.74) is 3.01. The number of benzene rings is 2. The number of rotatable bonds is 6. The fourth-order valence-corrected chi connectivity index (χ4v) is 5.03. The first kappa shape index (κ1) is 23.0. The van der Waals surface area contributed by atoms with Crippen molar-refractivity contribution in [2.45, 2.75) is 20.3 Å². The van der Waals surface area contributed by atoms with Gasteiger partial charge in [0.1, 0.15) is 16.6 Å². The Bertz CT molecular complexity index is 1400. The molecular weight excluding hydrogens is 462 g/mol. The lowest BCUT2D eigenvalue weighted by Crippen LogP contribution is -2.50. The Labute approximate surface area is 207 Å². The molecule has 0 aliphatic carbocycles. The van der Waals surface area contributed by atoms with Crippen molar-refractivity contribution in [3.63, 3.8) is 0 Å². The van der Waals surface area contributed by atoms with Gasteiger partial charge in [0.05, 0.1) is 0 Å². The van der Waals surface area contributed by atoms with Gasteiger partial charge in [-0.1, -0.05) is 66.3 Å². The number of fused-ring (bicyclic) bond motifs is 1. The van der Waals surface area contributed by atoms with Crippen LogP contribution < -0.4 is 15.2 Å². The van der Waals surface area contributed by atoms with Crippen LogP contribution in [0.3, 0.4) is 0 Å². The van der Waals surface area contributed by atoms with E-state index in [0.29, 0.717) is 37.0 Å². The number of carbonyl (C=O) groups excluding carboxylic acids is 1. The van der Waals surface area contributed by atoms with Crippen molar-refractivity contribution < 1.29 is 9.53 Å². The summed E-state index contributed by atoms with van der Waals surface area (Å²) in [4.78, 5) is 34.6. The zero-order valence-corrected chi connectivity index (χ0v) is 20.6. The normalized spacial score (nSPS) is 13.9. The van der Waals surface area contributed by atoms with Crippen molar-refractivity contribution in [1.29, 1.82) is 0 Å². The predicted molar refractivity (Wildman–Crippen MR) is 137 cm³/mol. The molecule has 2 aromatic carbocycles. The van der Waals surface area contributed by atoms with Crippen LogP contribution >= 0.6 is 11.3 Å². The number of aromatic nitrogens is 3. The minimum absolute atomic E-state index is 0.0191. The van der Waals surface area contributed by atoms with Crippen molar-refractivity contribution in [3.05, 3.63) is 76.1 Å². The number of anilines is 1. The maximum atomic E-state index is 12.7. The van der Waals surface area contributed by atoms with Crippen molar-refractivity contribution >= 4 is 28.0 Å². The van der Waals surface area contributed by atoms with Crippen molar-refractivity contribution in [2.24, 2.45) is 0 Å². The van der Waals surface area contributed by atoms with E-state index in [1.54, 1.807) is 4.90 Å². The summed E-state index contributed by atoms with van der Waals surface area (Å²) < 4.78 is 7.15. The van der Waals surface area contributed by atoms with Gasteiger partial charge < -0.3 is 14.5 Å². The van der Waals surface area contributed by atoms with Crippen molar-refractivity contribution in [1.82, 2.24) is 19.5 Å². The van der Waals surface area contributed by atoms with Gasteiger partial charge in [0.2, 0.25) is 4.96 Å². The number of carbonyl (C=O) groups is 1. The van der Waals surface area contributed by atoms with E-state index in [1.165, 1.54) is 27.5 Å². The topological polar surface area (TPSA) is 80.0 Å². The zero-order valence-electron chi connectivity index (χ0n) is 19.8. The molecule has 8 nitrogen and oxygen atoms in total. The Morgan fingerprint density at radius 2 is 1.80 bits per heavy atom. The molecule has 5 rings (SSSR count). The van der Waals surface area contributed by atoms with E-state index >= 15 is 0 Å². The quantitative estimate of drug-likeness (QED) is 0.413. The van der Waals surface area contributed by atoms with Gasteiger partial charge in [-0.05, 0) is 25.0 Å². The van der Waals surface area contributed by atoms with E-state index in [4.69, 9.17) is 9.72 Å². The van der Waals surface area contributed by atoms with Crippen LogP contribution in [0.2, 0.25) is 0 Å². The molecule has 0 spiro atoms. The van der Waals surface area contributed by atoms with Crippen LogP contribution in [-0.4, -0.2) is 58.2 Å². The molecule has 1 amide bonds. The lowest BCUT2D eigenvalue weighted by molar-refractivity contribution is -0.133. The SMILES string of the molecule is CCc1ccccc1OCC(=O)N1CCN(c2cc(=O)n3nc(-c4ccc(C)cc4)sc3n2)CC1. The molecule has 0 bridgehead atoms. The molecule has 1 aliphatic heterocycles. The summed E-state index contributed by atoms with van der Waals surface area (Å²) in [6, 6.07) is 17.4. The Morgan fingerprint density at radius 3 is 2.54 bits per heavy atom. The summed E-state index contributed by atoms with van der Waals surface area (Å²) in [6.07, 6.45) is 0.854. The van der Waals surface area contributed by atoms with E-state index in [9.17, 15) is 9.59 Å². The van der Waals surface area contributed by atoms with E-state index < -0.39 is 0 Å². The molecular formula is C26H27N5O3S. The standard InChI is InChI=1S/C26H27N5O3S/c1-3-19-6-4-5-7-21(19)34-17-24(33)30-14-12-29(13-15-30)22-16-23(32)31-26(27-22)35-25(28-31)20-10-8-18(2)9-11-20/h4-11,16H,3,12-15,17H2,1-2H3. The number of nitrogens with zero attached hydrogens (tertiary/aromatic N) is 5. The maximum Gasteiger partial charge on any atom is 0.277 e. The van der Waals surface area contributed by atoms with Gasteiger partial charge in [-0.3, -0.25) is 9.59 Å². The summed E-state index contributed by atoms with van der Waals surface area (Å²) in [7, 11) is 0. The first-order chi connectivity index (χ1) is 17.0. The van der Waals surface area contributed by atoms with Gasteiger partial charge in [0.25, 0.3) is 11.5 Å². The van der Waals surface area contributed by atoms with Crippen LogP contribution in [-0.2, 0) is 11.2 Å². The van der Waals surface area contributed by atoms with Crippen LogP contribution in [0.15, 0.2) is 59.4 Å². The average molecular weight is 490 g/mol. The molecule has 1 aliphatic rings. The highest BCUT2D eigenvalue weighted by Crippen LogP contribution is 2.26. The first-order valence-electron chi connectivity index (χ1n) is 11.7. The molecule has 1 saturated heterocycles. The molecule has 0 N–H and O–H groups in total. The summed E-state index contributed by atoms with van der Waals surface area (Å²) in [5.74, 6) is 1.34. The van der Waals surface area contributed by atoms with E-state index in [-0.39, 0.29) is 18.1 Å². The molecule has 2 aromatic heterocycles. The molecule has 9 heteroatoms. The molecule has 0 saturated carbocycles. The lowest BCUT2D eigenvalue weighted by Gasteiger charge is -2.35. The maximum absolute atomic E-state index is 12.7. The number of aryl methyl sites for hydroxylation is 2. The van der Waals surface area contributed by atoms with Crippen LogP contribution in [0.5, 0.6) is 5.75 Å². The van der Waals surface area contributed by atoms with Gasteiger partial charge >= 0.3 is 0 Å². The molecule has 0 atom stereocenters. The third-order valence-corrected chi connectivity index (χ3v) is 7.15. The first-order valence-corrected chi connectivity index (χ1v) is 12.5.